The number of aryl methyl sites for hydroxylation is 1. The van der Waals surface area contributed by atoms with E-state index in [2.05, 4.69) is 41.5 Å². The molecule has 0 bridgehead atoms. The van der Waals surface area contributed by atoms with Crippen LogP contribution in [0.25, 0.3) is 10.9 Å². The summed E-state index contributed by atoms with van der Waals surface area (Å²) in [5, 5.41) is 12.0. The number of ether oxygens (including phenoxy) is 1. The molecule has 1 heterocycles. The molecule has 22 heavy (non-hydrogen) atoms. The molecule has 0 amide bonds. The van der Waals surface area contributed by atoms with Crippen molar-refractivity contribution >= 4 is 10.9 Å². The van der Waals surface area contributed by atoms with Gasteiger partial charge >= 0.3 is 0 Å². The lowest BCUT2D eigenvalue weighted by atomic mass is 9.92. The Hall–Kier alpha value is -1.55. The molecule has 2 N–H and O–H groups in total. The van der Waals surface area contributed by atoms with Crippen LogP contribution in [0.15, 0.2) is 18.3 Å². The first-order valence-electron chi connectivity index (χ1n) is 8.66. The van der Waals surface area contributed by atoms with Crippen molar-refractivity contribution in [2.75, 3.05) is 6.54 Å². The first-order valence-corrected chi connectivity index (χ1v) is 8.66. The zero-order chi connectivity index (χ0) is 15.4. The van der Waals surface area contributed by atoms with Gasteiger partial charge in [-0.25, -0.2) is 0 Å². The van der Waals surface area contributed by atoms with Crippen LogP contribution in [0, 0.1) is 0 Å². The molecule has 4 heteroatoms. The smallest absolute Gasteiger partial charge is 0.123 e. The second-order valence-electron chi connectivity index (χ2n) is 6.27. The first kappa shape index (κ1) is 15.3. The van der Waals surface area contributed by atoms with E-state index in [0.29, 0.717) is 12.1 Å². The maximum Gasteiger partial charge on any atom is 0.123 e. The second kappa shape index (κ2) is 7.14. The molecular formula is C18H27N3O. The summed E-state index contributed by atoms with van der Waals surface area (Å²) < 4.78 is 6.34. The van der Waals surface area contributed by atoms with Gasteiger partial charge in [-0.2, -0.15) is 5.10 Å². The molecule has 1 aliphatic rings. The van der Waals surface area contributed by atoms with Crippen LogP contribution >= 0.6 is 0 Å². The fourth-order valence-electron chi connectivity index (χ4n) is 3.44. The topological polar surface area (TPSA) is 49.9 Å². The van der Waals surface area contributed by atoms with Crippen LogP contribution in [0.4, 0.5) is 0 Å². The van der Waals surface area contributed by atoms with Crippen molar-refractivity contribution in [2.24, 2.45) is 0 Å². The zero-order valence-electron chi connectivity index (χ0n) is 13.7. The van der Waals surface area contributed by atoms with E-state index in [9.17, 15) is 0 Å². The monoisotopic (exact) mass is 301 g/mol. The number of rotatable bonds is 6. The highest BCUT2D eigenvalue weighted by Crippen LogP contribution is 2.31. The van der Waals surface area contributed by atoms with E-state index < -0.39 is 0 Å². The predicted octanol–water partition coefficient (Wildman–Crippen LogP) is 3.81. The van der Waals surface area contributed by atoms with Gasteiger partial charge in [-0.1, -0.05) is 13.8 Å². The van der Waals surface area contributed by atoms with E-state index in [-0.39, 0.29) is 0 Å². The van der Waals surface area contributed by atoms with Crippen LogP contribution in [0.5, 0.6) is 5.75 Å². The van der Waals surface area contributed by atoms with Gasteiger partial charge in [0.05, 0.1) is 17.8 Å². The maximum absolute atomic E-state index is 6.34. The van der Waals surface area contributed by atoms with Crippen molar-refractivity contribution in [3.63, 3.8) is 0 Å². The summed E-state index contributed by atoms with van der Waals surface area (Å²) in [5.41, 5.74) is 2.37. The Morgan fingerprint density at radius 1 is 1.23 bits per heavy atom. The Balaban J connectivity index is 1.64. The molecule has 0 radical (unpaired) electrons. The number of hydrogen-bond donors (Lipinski definition) is 2. The standard InChI is InChI=1S/C18H27N3O/c1-3-11-19-13-5-7-14(8-6-13)22-18-10-9-17-16(12-20-21-17)15(18)4-2/h9-10,12-14,19H,3-8,11H2,1-2H3,(H,20,21)/t13-,14-. The molecule has 1 aromatic carbocycles. The number of aromatic nitrogens is 2. The van der Waals surface area contributed by atoms with Crippen molar-refractivity contribution in [1.82, 2.24) is 15.5 Å². The summed E-state index contributed by atoms with van der Waals surface area (Å²) in [7, 11) is 0. The Morgan fingerprint density at radius 2 is 2.05 bits per heavy atom. The Morgan fingerprint density at radius 3 is 2.77 bits per heavy atom. The minimum Gasteiger partial charge on any atom is -0.490 e. The molecule has 0 atom stereocenters. The molecule has 1 aliphatic carbocycles. The van der Waals surface area contributed by atoms with Gasteiger partial charge in [0.2, 0.25) is 0 Å². The van der Waals surface area contributed by atoms with E-state index in [1.54, 1.807) is 0 Å². The zero-order valence-corrected chi connectivity index (χ0v) is 13.7. The maximum atomic E-state index is 6.34. The van der Waals surface area contributed by atoms with Crippen molar-refractivity contribution in [3.8, 4) is 5.75 Å². The SMILES string of the molecule is CCCN[C@H]1CC[C@H](Oc2ccc3[nH]ncc3c2CC)CC1. The highest BCUT2D eigenvalue weighted by molar-refractivity contribution is 5.84. The molecule has 0 aliphatic heterocycles. The van der Waals surface area contributed by atoms with Crippen LogP contribution in [-0.4, -0.2) is 28.9 Å². The Labute approximate surface area is 132 Å². The van der Waals surface area contributed by atoms with Crippen molar-refractivity contribution in [2.45, 2.75) is 64.5 Å². The van der Waals surface area contributed by atoms with Crippen molar-refractivity contribution in [1.29, 1.82) is 0 Å². The van der Waals surface area contributed by atoms with Crippen LogP contribution in [0.3, 0.4) is 0 Å². The number of nitrogens with one attached hydrogen (secondary N) is 2. The quantitative estimate of drug-likeness (QED) is 0.853. The molecule has 3 rings (SSSR count). The molecule has 1 aromatic heterocycles. The van der Waals surface area contributed by atoms with Gasteiger partial charge in [0, 0.05) is 17.0 Å². The fraction of sp³-hybridized carbons (Fsp3) is 0.611. The molecular weight excluding hydrogens is 274 g/mol. The van der Waals surface area contributed by atoms with E-state index in [1.807, 2.05) is 6.20 Å². The molecule has 4 nitrogen and oxygen atoms in total. The van der Waals surface area contributed by atoms with Gasteiger partial charge in [-0.3, -0.25) is 5.10 Å². The number of fused-ring (bicyclic) bond motifs is 1. The lowest BCUT2D eigenvalue weighted by Crippen LogP contribution is -2.36. The summed E-state index contributed by atoms with van der Waals surface area (Å²) in [6.45, 7) is 5.54. The highest BCUT2D eigenvalue weighted by atomic mass is 16.5. The molecule has 1 fully saturated rings. The summed E-state index contributed by atoms with van der Waals surface area (Å²) in [4.78, 5) is 0. The van der Waals surface area contributed by atoms with E-state index in [1.165, 1.54) is 30.2 Å². The highest BCUT2D eigenvalue weighted by Gasteiger charge is 2.22. The average molecular weight is 301 g/mol. The normalized spacial score (nSPS) is 22.1. The van der Waals surface area contributed by atoms with Crippen LogP contribution < -0.4 is 10.1 Å². The van der Waals surface area contributed by atoms with Crippen LogP contribution in [-0.2, 0) is 6.42 Å². The lowest BCUT2D eigenvalue weighted by molar-refractivity contribution is 0.139. The lowest BCUT2D eigenvalue weighted by Gasteiger charge is -2.30. The average Bonchev–Trinajstić information content (AvgIpc) is 3.02. The van der Waals surface area contributed by atoms with Crippen LogP contribution in [0.2, 0.25) is 0 Å². The predicted molar refractivity (Wildman–Crippen MR) is 90.4 cm³/mol. The van der Waals surface area contributed by atoms with E-state index >= 15 is 0 Å². The molecule has 0 unspecified atom stereocenters. The van der Waals surface area contributed by atoms with Gasteiger partial charge in [-0.15, -0.1) is 0 Å². The molecule has 0 spiro atoms. The minimum absolute atomic E-state index is 0.356. The van der Waals surface area contributed by atoms with Gasteiger partial charge < -0.3 is 10.1 Å². The molecule has 120 valence electrons. The first-order chi connectivity index (χ1) is 10.8. The van der Waals surface area contributed by atoms with Gasteiger partial charge in [-0.05, 0) is 57.2 Å². The van der Waals surface area contributed by atoms with E-state index in [4.69, 9.17) is 4.74 Å². The van der Waals surface area contributed by atoms with E-state index in [0.717, 1.165) is 37.1 Å². The third-order valence-corrected chi connectivity index (χ3v) is 4.70. The summed E-state index contributed by atoms with van der Waals surface area (Å²) in [6, 6.07) is 4.85. The van der Waals surface area contributed by atoms with Crippen molar-refractivity contribution < 1.29 is 4.74 Å². The third-order valence-electron chi connectivity index (χ3n) is 4.70. The molecule has 0 saturated heterocycles. The molecule has 1 saturated carbocycles. The van der Waals surface area contributed by atoms with Crippen molar-refractivity contribution in [3.05, 3.63) is 23.9 Å². The number of benzene rings is 1. The number of H-pyrrole nitrogens is 1. The van der Waals surface area contributed by atoms with Crippen LogP contribution in [0.1, 0.15) is 51.5 Å². The summed E-state index contributed by atoms with van der Waals surface area (Å²) >= 11 is 0. The Kier molecular flexibility index (Phi) is 4.98. The fourth-order valence-corrected chi connectivity index (χ4v) is 3.44. The van der Waals surface area contributed by atoms with Gasteiger partial charge in [0.1, 0.15) is 5.75 Å². The molecule has 2 aromatic rings. The summed E-state index contributed by atoms with van der Waals surface area (Å²) in [5.74, 6) is 1.04. The second-order valence-corrected chi connectivity index (χ2v) is 6.27. The van der Waals surface area contributed by atoms with Gasteiger partial charge in [0.25, 0.3) is 0 Å². The number of aromatic amines is 1. The number of nitrogens with zero attached hydrogens (tertiary/aromatic N) is 1. The number of hydrogen-bond acceptors (Lipinski definition) is 3. The Bertz CT molecular complexity index is 599. The summed E-state index contributed by atoms with van der Waals surface area (Å²) in [6.07, 6.45) is 9.18. The third kappa shape index (κ3) is 3.27. The van der Waals surface area contributed by atoms with Gasteiger partial charge in [0.15, 0.2) is 0 Å². The largest absolute Gasteiger partial charge is 0.490 e. The minimum atomic E-state index is 0.356.